The lowest BCUT2D eigenvalue weighted by atomic mass is 10.2. The Balaban J connectivity index is 1.85. The van der Waals surface area contributed by atoms with Crippen molar-refractivity contribution in [2.45, 2.75) is 11.4 Å². The van der Waals surface area contributed by atoms with Gasteiger partial charge >= 0.3 is 5.97 Å². The molecule has 0 aliphatic heterocycles. The van der Waals surface area contributed by atoms with E-state index in [4.69, 9.17) is 22.1 Å². The van der Waals surface area contributed by atoms with Crippen LogP contribution in [0.15, 0.2) is 53.4 Å². The van der Waals surface area contributed by atoms with Gasteiger partial charge < -0.3 is 15.8 Å². The van der Waals surface area contributed by atoms with Crippen molar-refractivity contribution >= 4 is 41.1 Å². The van der Waals surface area contributed by atoms with Crippen LogP contribution in [0.3, 0.4) is 0 Å². The number of hydrogen-bond acceptors (Lipinski definition) is 5. The van der Waals surface area contributed by atoms with Gasteiger partial charge in [0.25, 0.3) is 5.91 Å². The second-order valence-electron chi connectivity index (χ2n) is 5.23. The molecule has 0 spiro atoms. The van der Waals surface area contributed by atoms with Crippen molar-refractivity contribution in [1.29, 1.82) is 0 Å². The average Bonchev–Trinajstić information content (AvgIpc) is 2.64. The first kappa shape index (κ1) is 19.8. The summed E-state index contributed by atoms with van der Waals surface area (Å²) in [5.74, 6) is -1.50. The van der Waals surface area contributed by atoms with Gasteiger partial charge in [-0.25, -0.2) is 4.79 Å². The van der Waals surface area contributed by atoms with Crippen molar-refractivity contribution in [2.24, 2.45) is 5.73 Å². The zero-order chi connectivity index (χ0) is 18.9. The van der Waals surface area contributed by atoms with Crippen LogP contribution in [0, 0.1) is 0 Å². The van der Waals surface area contributed by atoms with Gasteiger partial charge in [-0.1, -0.05) is 35.9 Å². The number of halogens is 1. The molecule has 2 aromatic rings. The van der Waals surface area contributed by atoms with Crippen LogP contribution in [-0.4, -0.2) is 30.1 Å². The number of nitrogens with two attached hydrogens (primary N) is 1. The minimum atomic E-state index is -0.640. The standard InChI is InChI=1S/C18H17ClN2O4S/c19-13-7-5-12(6-8-13)9-21-17(23)10-25-18(24)14-3-1-2-4-15(14)26-11-16(20)22/h1-8H,9-11H2,(H2,20,22)(H,21,23). The number of rotatable bonds is 8. The van der Waals surface area contributed by atoms with Gasteiger partial charge in [0.1, 0.15) is 0 Å². The van der Waals surface area contributed by atoms with Crippen molar-refractivity contribution in [3.05, 3.63) is 64.7 Å². The summed E-state index contributed by atoms with van der Waals surface area (Å²) >= 11 is 6.94. The molecule has 136 valence electrons. The predicted molar refractivity (Wildman–Crippen MR) is 99.9 cm³/mol. The zero-order valence-electron chi connectivity index (χ0n) is 13.7. The number of carbonyl (C=O) groups excluding carboxylic acids is 3. The van der Waals surface area contributed by atoms with E-state index in [1.54, 1.807) is 48.5 Å². The van der Waals surface area contributed by atoms with Gasteiger partial charge in [-0.3, -0.25) is 9.59 Å². The highest BCUT2D eigenvalue weighted by Gasteiger charge is 2.15. The number of primary amides is 1. The molecule has 2 aromatic carbocycles. The monoisotopic (exact) mass is 392 g/mol. The first-order valence-electron chi connectivity index (χ1n) is 7.64. The third kappa shape index (κ3) is 6.42. The molecule has 8 heteroatoms. The number of carbonyl (C=O) groups is 3. The Labute approximate surface area is 160 Å². The molecule has 0 radical (unpaired) electrons. The summed E-state index contributed by atoms with van der Waals surface area (Å²) in [5.41, 5.74) is 6.28. The molecule has 0 aromatic heterocycles. The van der Waals surface area contributed by atoms with Gasteiger partial charge in [-0.2, -0.15) is 0 Å². The van der Waals surface area contributed by atoms with E-state index in [2.05, 4.69) is 5.32 Å². The van der Waals surface area contributed by atoms with Crippen LogP contribution in [0.1, 0.15) is 15.9 Å². The molecule has 26 heavy (non-hydrogen) atoms. The molecule has 0 aliphatic carbocycles. The molecule has 0 saturated heterocycles. The number of hydrogen-bond donors (Lipinski definition) is 2. The molecule has 6 nitrogen and oxygen atoms in total. The fraction of sp³-hybridized carbons (Fsp3) is 0.167. The number of nitrogens with one attached hydrogen (secondary N) is 1. The molecule has 0 fully saturated rings. The first-order valence-corrected chi connectivity index (χ1v) is 9.00. The van der Waals surface area contributed by atoms with Crippen molar-refractivity contribution in [3.63, 3.8) is 0 Å². The number of benzene rings is 2. The molecule has 0 saturated carbocycles. The van der Waals surface area contributed by atoms with Crippen molar-refractivity contribution < 1.29 is 19.1 Å². The van der Waals surface area contributed by atoms with E-state index in [9.17, 15) is 14.4 Å². The quantitative estimate of drug-likeness (QED) is 0.531. The highest BCUT2D eigenvalue weighted by atomic mass is 35.5. The third-order valence-electron chi connectivity index (χ3n) is 3.21. The Hall–Kier alpha value is -2.51. The molecule has 2 rings (SSSR count). The highest BCUT2D eigenvalue weighted by Crippen LogP contribution is 2.23. The minimum absolute atomic E-state index is 0.0475. The van der Waals surface area contributed by atoms with E-state index >= 15 is 0 Å². The molecule has 3 N–H and O–H groups in total. The average molecular weight is 393 g/mol. The smallest absolute Gasteiger partial charge is 0.339 e. The summed E-state index contributed by atoms with van der Waals surface area (Å²) in [6.07, 6.45) is 0. The lowest BCUT2D eigenvalue weighted by molar-refractivity contribution is -0.124. The summed E-state index contributed by atoms with van der Waals surface area (Å²) in [6.45, 7) is -0.0974. The second-order valence-corrected chi connectivity index (χ2v) is 6.68. The molecule has 0 heterocycles. The normalized spacial score (nSPS) is 10.2. The number of ether oxygens (including phenoxy) is 1. The van der Waals surface area contributed by atoms with Gasteiger partial charge in [0.05, 0.1) is 11.3 Å². The number of thioether (sulfide) groups is 1. The van der Waals surface area contributed by atoms with Crippen LogP contribution in [0.4, 0.5) is 0 Å². The predicted octanol–water partition coefficient (Wildman–Crippen LogP) is 2.39. The first-order chi connectivity index (χ1) is 12.5. The van der Waals surface area contributed by atoms with E-state index in [0.717, 1.165) is 17.3 Å². The number of amides is 2. The maximum absolute atomic E-state index is 12.2. The van der Waals surface area contributed by atoms with E-state index < -0.39 is 24.4 Å². The largest absolute Gasteiger partial charge is 0.452 e. The van der Waals surface area contributed by atoms with E-state index in [-0.39, 0.29) is 11.3 Å². The Morgan fingerprint density at radius 3 is 2.46 bits per heavy atom. The van der Waals surface area contributed by atoms with E-state index in [1.165, 1.54) is 0 Å². The molecular formula is C18H17ClN2O4S. The molecule has 0 aliphatic rings. The van der Waals surface area contributed by atoms with Crippen LogP contribution in [0.2, 0.25) is 5.02 Å². The lowest BCUT2D eigenvalue weighted by Gasteiger charge is -2.09. The SMILES string of the molecule is NC(=O)CSc1ccccc1C(=O)OCC(=O)NCc1ccc(Cl)cc1. The minimum Gasteiger partial charge on any atom is -0.452 e. The van der Waals surface area contributed by atoms with Crippen molar-refractivity contribution in [2.75, 3.05) is 12.4 Å². The molecule has 0 atom stereocenters. The third-order valence-corrected chi connectivity index (χ3v) is 4.56. The summed E-state index contributed by atoms with van der Waals surface area (Å²) in [6, 6.07) is 13.7. The van der Waals surface area contributed by atoms with Crippen LogP contribution < -0.4 is 11.1 Å². The van der Waals surface area contributed by atoms with E-state index in [0.29, 0.717) is 16.5 Å². The summed E-state index contributed by atoms with van der Waals surface area (Å²) in [5, 5.41) is 3.27. The Morgan fingerprint density at radius 2 is 1.77 bits per heavy atom. The molecular weight excluding hydrogens is 376 g/mol. The zero-order valence-corrected chi connectivity index (χ0v) is 15.3. The van der Waals surface area contributed by atoms with Crippen molar-refractivity contribution in [1.82, 2.24) is 5.32 Å². The van der Waals surface area contributed by atoms with Gasteiger partial charge in [-0.05, 0) is 29.8 Å². The Kier molecular flexibility index (Phi) is 7.50. The second kappa shape index (κ2) is 9.84. The summed E-state index contributed by atoms with van der Waals surface area (Å²) in [4.78, 5) is 35.5. The molecule has 2 amide bonds. The van der Waals surface area contributed by atoms with Gasteiger partial charge in [0.2, 0.25) is 5.91 Å². The summed E-state index contributed by atoms with van der Waals surface area (Å²) in [7, 11) is 0. The summed E-state index contributed by atoms with van der Waals surface area (Å²) < 4.78 is 5.04. The maximum atomic E-state index is 12.2. The highest BCUT2D eigenvalue weighted by molar-refractivity contribution is 8.00. The van der Waals surface area contributed by atoms with Gasteiger partial charge in [-0.15, -0.1) is 11.8 Å². The molecule has 0 bridgehead atoms. The lowest BCUT2D eigenvalue weighted by Crippen LogP contribution is -2.28. The Bertz CT molecular complexity index is 796. The molecule has 0 unspecified atom stereocenters. The van der Waals surface area contributed by atoms with Gasteiger partial charge in [0.15, 0.2) is 6.61 Å². The maximum Gasteiger partial charge on any atom is 0.339 e. The van der Waals surface area contributed by atoms with Gasteiger partial charge in [0, 0.05) is 16.5 Å². The van der Waals surface area contributed by atoms with Crippen LogP contribution in [-0.2, 0) is 20.9 Å². The fourth-order valence-corrected chi connectivity index (χ4v) is 2.88. The topological polar surface area (TPSA) is 98.5 Å². The Morgan fingerprint density at radius 1 is 1.08 bits per heavy atom. The van der Waals surface area contributed by atoms with E-state index in [1.807, 2.05) is 0 Å². The van der Waals surface area contributed by atoms with Crippen LogP contribution in [0.5, 0.6) is 0 Å². The van der Waals surface area contributed by atoms with Crippen LogP contribution >= 0.6 is 23.4 Å². The van der Waals surface area contributed by atoms with Crippen molar-refractivity contribution in [3.8, 4) is 0 Å². The fourth-order valence-electron chi connectivity index (χ4n) is 1.97. The number of esters is 1. The van der Waals surface area contributed by atoms with Crippen LogP contribution in [0.25, 0.3) is 0 Å².